The summed E-state index contributed by atoms with van der Waals surface area (Å²) < 4.78 is 8.67. The Bertz CT molecular complexity index is 454. The molecule has 1 aromatic carbocycles. The first-order valence-electron chi connectivity index (χ1n) is 5.91. The van der Waals surface area contributed by atoms with Crippen LogP contribution in [-0.2, 0) is 14.3 Å². The standard InChI is InChI=1S/C14H15Cl3O3/c1-3-7-12(11-8-5-4-6-9-11)20-13(14(15,16)17)19-10(2)18/h3-9,12-13H,1-2H3/b7-3-. The number of rotatable bonds is 5. The van der Waals surface area contributed by atoms with Crippen molar-refractivity contribution in [2.75, 3.05) is 0 Å². The van der Waals surface area contributed by atoms with Gasteiger partial charge in [-0.3, -0.25) is 4.79 Å². The number of hydrogen-bond acceptors (Lipinski definition) is 3. The van der Waals surface area contributed by atoms with Crippen LogP contribution >= 0.6 is 34.8 Å². The topological polar surface area (TPSA) is 35.5 Å². The molecule has 2 atom stereocenters. The molecule has 110 valence electrons. The van der Waals surface area contributed by atoms with Crippen molar-refractivity contribution in [1.29, 1.82) is 0 Å². The zero-order valence-corrected chi connectivity index (χ0v) is 13.3. The molecular weight excluding hydrogens is 323 g/mol. The highest BCUT2D eigenvalue weighted by Gasteiger charge is 2.38. The van der Waals surface area contributed by atoms with Gasteiger partial charge in [-0.05, 0) is 12.5 Å². The van der Waals surface area contributed by atoms with E-state index in [0.717, 1.165) is 5.56 Å². The van der Waals surface area contributed by atoms with Crippen molar-refractivity contribution in [1.82, 2.24) is 0 Å². The molecule has 20 heavy (non-hydrogen) atoms. The lowest BCUT2D eigenvalue weighted by atomic mass is 10.1. The Hall–Kier alpha value is -0.740. The smallest absolute Gasteiger partial charge is 0.305 e. The van der Waals surface area contributed by atoms with E-state index in [9.17, 15) is 4.79 Å². The Morgan fingerprint density at radius 3 is 2.30 bits per heavy atom. The van der Waals surface area contributed by atoms with E-state index in [2.05, 4.69) is 0 Å². The molecule has 2 unspecified atom stereocenters. The Labute approximate surface area is 133 Å². The quantitative estimate of drug-likeness (QED) is 0.341. The molecule has 0 bridgehead atoms. The van der Waals surface area contributed by atoms with Crippen LogP contribution < -0.4 is 0 Å². The summed E-state index contributed by atoms with van der Waals surface area (Å²) in [6.07, 6.45) is 1.80. The highest BCUT2D eigenvalue weighted by molar-refractivity contribution is 6.68. The summed E-state index contributed by atoms with van der Waals surface area (Å²) in [5.41, 5.74) is 0.858. The lowest BCUT2D eigenvalue weighted by Gasteiger charge is -2.27. The van der Waals surface area contributed by atoms with Crippen LogP contribution in [0.15, 0.2) is 42.5 Å². The van der Waals surface area contributed by atoms with E-state index in [1.165, 1.54) is 6.92 Å². The minimum atomic E-state index is -1.87. The zero-order chi connectivity index (χ0) is 15.2. The van der Waals surface area contributed by atoms with E-state index >= 15 is 0 Å². The number of carbonyl (C=O) groups is 1. The third-order valence-corrected chi connectivity index (χ3v) is 2.84. The maximum Gasteiger partial charge on any atom is 0.305 e. The van der Waals surface area contributed by atoms with E-state index in [0.29, 0.717) is 0 Å². The van der Waals surface area contributed by atoms with Gasteiger partial charge >= 0.3 is 5.97 Å². The van der Waals surface area contributed by atoms with Gasteiger partial charge in [0.05, 0.1) is 0 Å². The number of ether oxygens (including phenoxy) is 2. The van der Waals surface area contributed by atoms with E-state index in [1.807, 2.05) is 37.3 Å². The molecule has 0 heterocycles. The molecule has 6 heteroatoms. The molecule has 3 nitrogen and oxygen atoms in total. The molecule has 1 rings (SSSR count). The summed E-state index contributed by atoms with van der Waals surface area (Å²) in [7, 11) is 0. The van der Waals surface area contributed by atoms with Crippen molar-refractivity contribution < 1.29 is 14.3 Å². The number of allylic oxidation sites excluding steroid dienone is 1. The third kappa shape index (κ3) is 5.71. The molecule has 0 aromatic heterocycles. The fraction of sp³-hybridized carbons (Fsp3) is 0.357. The number of benzene rings is 1. The molecule has 0 aliphatic carbocycles. The average molecular weight is 338 g/mol. The van der Waals surface area contributed by atoms with E-state index in [4.69, 9.17) is 44.3 Å². The molecule has 0 radical (unpaired) electrons. The number of alkyl halides is 3. The minimum absolute atomic E-state index is 0.485. The van der Waals surface area contributed by atoms with Crippen molar-refractivity contribution in [3.8, 4) is 0 Å². The number of hydrogen-bond donors (Lipinski definition) is 0. The van der Waals surface area contributed by atoms with Crippen LogP contribution in [0.1, 0.15) is 25.5 Å². The summed E-state index contributed by atoms with van der Waals surface area (Å²) in [5.74, 6) is -0.589. The van der Waals surface area contributed by atoms with E-state index in [-0.39, 0.29) is 0 Å². The second-order valence-corrected chi connectivity index (χ2v) is 6.35. The van der Waals surface area contributed by atoms with Gasteiger partial charge in [-0.15, -0.1) is 0 Å². The lowest BCUT2D eigenvalue weighted by molar-refractivity contribution is -0.182. The molecule has 0 N–H and O–H groups in total. The normalized spacial score (nSPS) is 15.1. The number of carbonyl (C=O) groups excluding carboxylic acids is 1. The van der Waals surface area contributed by atoms with Crippen LogP contribution in [0, 0.1) is 0 Å². The van der Waals surface area contributed by atoms with Crippen LogP contribution in [0.5, 0.6) is 0 Å². The fourth-order valence-corrected chi connectivity index (χ4v) is 1.80. The van der Waals surface area contributed by atoms with Gasteiger partial charge < -0.3 is 9.47 Å². The monoisotopic (exact) mass is 336 g/mol. The second kappa shape index (κ2) is 7.89. The molecule has 1 aromatic rings. The lowest BCUT2D eigenvalue weighted by Crippen LogP contribution is -2.34. The Morgan fingerprint density at radius 1 is 1.25 bits per heavy atom. The summed E-state index contributed by atoms with van der Waals surface area (Å²) in [6.45, 7) is 3.06. The summed E-state index contributed by atoms with van der Waals surface area (Å²) in [5, 5.41) is 0. The Kier molecular flexibility index (Phi) is 6.83. The highest BCUT2D eigenvalue weighted by Crippen LogP contribution is 2.36. The van der Waals surface area contributed by atoms with Gasteiger partial charge in [0, 0.05) is 6.92 Å². The first kappa shape index (κ1) is 17.3. The molecule has 0 aliphatic heterocycles. The van der Waals surface area contributed by atoms with E-state index in [1.54, 1.807) is 12.2 Å². The first-order chi connectivity index (χ1) is 9.34. The van der Waals surface area contributed by atoms with Crippen molar-refractivity contribution in [2.45, 2.75) is 30.0 Å². The van der Waals surface area contributed by atoms with Crippen molar-refractivity contribution in [3.63, 3.8) is 0 Å². The van der Waals surface area contributed by atoms with Crippen LogP contribution in [0.2, 0.25) is 0 Å². The SMILES string of the molecule is C/C=C\C(OC(OC(C)=O)C(Cl)(Cl)Cl)c1ccccc1. The van der Waals surface area contributed by atoms with Gasteiger partial charge in [-0.1, -0.05) is 77.3 Å². The maximum absolute atomic E-state index is 11.1. The van der Waals surface area contributed by atoms with Gasteiger partial charge in [-0.25, -0.2) is 0 Å². The van der Waals surface area contributed by atoms with Crippen molar-refractivity contribution in [3.05, 3.63) is 48.0 Å². The third-order valence-electron chi connectivity index (χ3n) is 2.31. The molecular formula is C14H15Cl3O3. The molecule has 0 aliphatic rings. The molecule has 0 spiro atoms. The minimum Gasteiger partial charge on any atom is -0.431 e. The van der Waals surface area contributed by atoms with Crippen LogP contribution in [0.3, 0.4) is 0 Å². The van der Waals surface area contributed by atoms with Gasteiger partial charge in [-0.2, -0.15) is 0 Å². The van der Waals surface area contributed by atoms with Crippen molar-refractivity contribution >= 4 is 40.8 Å². The molecule has 0 fully saturated rings. The summed E-state index contributed by atoms with van der Waals surface area (Å²) in [6, 6.07) is 9.35. The van der Waals surface area contributed by atoms with Crippen LogP contribution in [0.4, 0.5) is 0 Å². The van der Waals surface area contributed by atoms with E-state index < -0.39 is 22.2 Å². The maximum atomic E-state index is 11.1. The second-order valence-electron chi connectivity index (χ2n) is 3.98. The number of halogens is 3. The predicted octanol–water partition coefficient (Wildman–Crippen LogP) is 4.58. The average Bonchev–Trinajstić information content (AvgIpc) is 2.36. The summed E-state index contributed by atoms with van der Waals surface area (Å²) in [4.78, 5) is 11.1. The predicted molar refractivity (Wildman–Crippen MR) is 80.9 cm³/mol. The van der Waals surface area contributed by atoms with Gasteiger partial charge in [0.1, 0.15) is 6.10 Å². The summed E-state index contributed by atoms with van der Waals surface area (Å²) >= 11 is 17.3. The molecule has 0 amide bonds. The molecule has 0 saturated carbocycles. The zero-order valence-electron chi connectivity index (χ0n) is 11.1. The highest BCUT2D eigenvalue weighted by atomic mass is 35.6. The largest absolute Gasteiger partial charge is 0.431 e. The van der Waals surface area contributed by atoms with Gasteiger partial charge in [0.25, 0.3) is 10.1 Å². The fourth-order valence-electron chi connectivity index (χ4n) is 1.51. The van der Waals surface area contributed by atoms with Crippen LogP contribution in [0.25, 0.3) is 0 Å². The number of esters is 1. The first-order valence-corrected chi connectivity index (χ1v) is 7.05. The van der Waals surface area contributed by atoms with Crippen LogP contribution in [-0.4, -0.2) is 16.1 Å². The van der Waals surface area contributed by atoms with Gasteiger partial charge in [0.15, 0.2) is 0 Å². The van der Waals surface area contributed by atoms with Gasteiger partial charge in [0.2, 0.25) is 0 Å². The van der Waals surface area contributed by atoms with Crippen molar-refractivity contribution in [2.24, 2.45) is 0 Å². The Morgan fingerprint density at radius 2 is 1.85 bits per heavy atom. The Balaban J connectivity index is 2.95. The molecule has 0 saturated heterocycles.